The Morgan fingerprint density at radius 2 is 2.29 bits per heavy atom. The molecule has 76 valence electrons. The highest BCUT2D eigenvalue weighted by Crippen LogP contribution is 2.27. The molecule has 1 rings (SSSR count). The van der Waals surface area contributed by atoms with Gasteiger partial charge >= 0.3 is 0 Å². The largest absolute Gasteiger partial charge is 0.296 e. The van der Waals surface area contributed by atoms with Crippen LogP contribution in [0.5, 0.6) is 0 Å². The van der Waals surface area contributed by atoms with E-state index >= 15 is 0 Å². The summed E-state index contributed by atoms with van der Waals surface area (Å²) in [6.45, 7) is 1.56. The van der Waals surface area contributed by atoms with E-state index in [1.807, 2.05) is 0 Å². The number of halogens is 3. The summed E-state index contributed by atoms with van der Waals surface area (Å²) in [7, 11) is 0. The van der Waals surface area contributed by atoms with Crippen LogP contribution in [0.15, 0.2) is 6.20 Å². The number of hydrogen-bond acceptors (Lipinski definition) is 2. The van der Waals surface area contributed by atoms with Gasteiger partial charge in [-0.05, 0) is 18.1 Å². The molecule has 0 bridgehead atoms. The molecule has 0 atom stereocenters. The lowest BCUT2D eigenvalue weighted by molar-refractivity contribution is 0.110. The molecule has 5 heteroatoms. The highest BCUT2D eigenvalue weighted by atomic mass is 79.9. The Hall–Kier alpha value is -0.840. The molecule has 0 N–H and O–H groups in total. The van der Waals surface area contributed by atoms with Gasteiger partial charge in [-0.1, -0.05) is 15.9 Å². The van der Waals surface area contributed by atoms with E-state index in [0.29, 0.717) is 22.7 Å². The van der Waals surface area contributed by atoms with Crippen molar-refractivity contribution in [2.45, 2.75) is 18.7 Å². The molecule has 0 aliphatic heterocycles. The van der Waals surface area contributed by atoms with Crippen LogP contribution in [0.1, 0.15) is 33.6 Å². The van der Waals surface area contributed by atoms with E-state index < -0.39 is 6.43 Å². The number of rotatable bonds is 3. The molecule has 0 aliphatic rings. The van der Waals surface area contributed by atoms with Gasteiger partial charge in [-0.15, -0.1) is 0 Å². The second-order valence-corrected chi connectivity index (χ2v) is 3.32. The molecule has 2 nitrogen and oxygen atoms in total. The minimum Gasteiger partial charge on any atom is -0.296 e. The van der Waals surface area contributed by atoms with Crippen molar-refractivity contribution in [2.75, 3.05) is 0 Å². The van der Waals surface area contributed by atoms with Crippen LogP contribution in [-0.2, 0) is 5.33 Å². The number of alkyl halides is 3. The summed E-state index contributed by atoms with van der Waals surface area (Å²) in [5.41, 5.74) is 0.652. The van der Waals surface area contributed by atoms with Gasteiger partial charge in [-0.2, -0.15) is 0 Å². The SMILES string of the molecule is Cc1c(CBr)cnc(C=O)c1C(F)F. The maximum Gasteiger partial charge on any atom is 0.266 e. The topological polar surface area (TPSA) is 30.0 Å². The summed E-state index contributed by atoms with van der Waals surface area (Å²) in [6, 6.07) is 0. The zero-order valence-corrected chi connectivity index (χ0v) is 9.01. The summed E-state index contributed by atoms with van der Waals surface area (Å²) in [4.78, 5) is 14.1. The van der Waals surface area contributed by atoms with Crippen LogP contribution in [0.25, 0.3) is 0 Å². The molecule has 0 unspecified atom stereocenters. The van der Waals surface area contributed by atoms with E-state index in [-0.39, 0.29) is 11.3 Å². The average Bonchev–Trinajstić information content (AvgIpc) is 2.16. The van der Waals surface area contributed by atoms with Crippen molar-refractivity contribution >= 4 is 22.2 Å². The zero-order chi connectivity index (χ0) is 10.7. The summed E-state index contributed by atoms with van der Waals surface area (Å²) in [5, 5.41) is 0.449. The quantitative estimate of drug-likeness (QED) is 0.620. The van der Waals surface area contributed by atoms with Gasteiger partial charge in [0.2, 0.25) is 0 Å². The molecular weight excluding hydrogens is 256 g/mol. The van der Waals surface area contributed by atoms with Crippen LogP contribution < -0.4 is 0 Å². The van der Waals surface area contributed by atoms with E-state index in [9.17, 15) is 13.6 Å². The number of hydrogen-bond donors (Lipinski definition) is 0. The molecule has 0 aromatic carbocycles. The molecule has 0 aliphatic carbocycles. The Kier molecular flexibility index (Phi) is 3.69. The van der Waals surface area contributed by atoms with Gasteiger partial charge < -0.3 is 0 Å². The first-order valence-electron chi connectivity index (χ1n) is 3.89. The molecule has 0 fully saturated rings. The lowest BCUT2D eigenvalue weighted by Gasteiger charge is -2.10. The first-order chi connectivity index (χ1) is 6.61. The fourth-order valence-electron chi connectivity index (χ4n) is 1.18. The highest BCUT2D eigenvalue weighted by molar-refractivity contribution is 9.08. The van der Waals surface area contributed by atoms with Gasteiger partial charge in [0, 0.05) is 17.1 Å². The normalized spacial score (nSPS) is 10.6. The van der Waals surface area contributed by atoms with Gasteiger partial charge in [0.05, 0.1) is 0 Å². The van der Waals surface area contributed by atoms with Crippen LogP contribution in [0.3, 0.4) is 0 Å². The summed E-state index contributed by atoms with van der Waals surface area (Å²) in [5.74, 6) is 0. The van der Waals surface area contributed by atoms with E-state index in [1.165, 1.54) is 6.20 Å². The minimum atomic E-state index is -2.67. The van der Waals surface area contributed by atoms with E-state index in [1.54, 1.807) is 6.92 Å². The molecule has 0 spiro atoms. The van der Waals surface area contributed by atoms with Crippen LogP contribution in [-0.4, -0.2) is 11.3 Å². The minimum absolute atomic E-state index is 0.179. The number of pyridine rings is 1. The molecular formula is C9H8BrF2NO. The number of aromatic nitrogens is 1. The summed E-state index contributed by atoms with van der Waals surface area (Å²) >= 11 is 3.16. The maximum absolute atomic E-state index is 12.6. The lowest BCUT2D eigenvalue weighted by Crippen LogP contribution is -2.03. The van der Waals surface area contributed by atoms with Crippen molar-refractivity contribution in [1.82, 2.24) is 4.98 Å². The molecule has 1 heterocycles. The number of aldehydes is 1. The van der Waals surface area contributed by atoms with Crippen molar-refractivity contribution in [3.8, 4) is 0 Å². The van der Waals surface area contributed by atoms with Crippen LogP contribution in [0, 0.1) is 6.92 Å². The van der Waals surface area contributed by atoms with Gasteiger partial charge in [0.1, 0.15) is 5.69 Å². The molecule has 1 aromatic rings. The Morgan fingerprint density at radius 1 is 1.64 bits per heavy atom. The third kappa shape index (κ3) is 1.97. The second kappa shape index (κ2) is 4.59. The fourth-order valence-corrected chi connectivity index (χ4v) is 1.75. The van der Waals surface area contributed by atoms with Crippen molar-refractivity contribution in [1.29, 1.82) is 0 Å². The van der Waals surface area contributed by atoms with Gasteiger partial charge in [0.25, 0.3) is 6.43 Å². The lowest BCUT2D eigenvalue weighted by atomic mass is 10.0. The first kappa shape index (κ1) is 11.2. The van der Waals surface area contributed by atoms with E-state index in [2.05, 4.69) is 20.9 Å². The Morgan fingerprint density at radius 3 is 2.71 bits per heavy atom. The maximum atomic E-state index is 12.6. The third-order valence-corrected chi connectivity index (χ3v) is 2.60. The van der Waals surface area contributed by atoms with Gasteiger partial charge in [-0.25, -0.2) is 8.78 Å². The van der Waals surface area contributed by atoms with Gasteiger partial charge in [0.15, 0.2) is 6.29 Å². The standard InChI is InChI=1S/C9H8BrF2NO/c1-5-6(2-10)3-13-7(4-14)8(5)9(11)12/h3-4,9H,2H2,1H3. The van der Waals surface area contributed by atoms with Crippen LogP contribution >= 0.6 is 15.9 Å². The predicted octanol–water partition coefficient (Wildman–Crippen LogP) is 3.04. The summed E-state index contributed by atoms with van der Waals surface area (Å²) in [6.07, 6.45) is -0.881. The molecule has 0 saturated carbocycles. The number of carbonyl (C=O) groups excluding carboxylic acids is 1. The van der Waals surface area contributed by atoms with E-state index in [4.69, 9.17) is 0 Å². The Labute approximate surface area is 88.5 Å². The Bertz CT molecular complexity index is 355. The van der Waals surface area contributed by atoms with Crippen molar-refractivity contribution < 1.29 is 13.6 Å². The average molecular weight is 264 g/mol. The monoisotopic (exact) mass is 263 g/mol. The number of carbonyl (C=O) groups is 1. The van der Waals surface area contributed by atoms with Crippen molar-refractivity contribution in [3.63, 3.8) is 0 Å². The van der Waals surface area contributed by atoms with Gasteiger partial charge in [-0.3, -0.25) is 9.78 Å². The number of nitrogens with zero attached hydrogens (tertiary/aromatic N) is 1. The smallest absolute Gasteiger partial charge is 0.266 e. The Balaban J connectivity index is 3.38. The highest BCUT2D eigenvalue weighted by Gasteiger charge is 2.18. The zero-order valence-electron chi connectivity index (χ0n) is 7.43. The third-order valence-electron chi connectivity index (χ3n) is 1.99. The first-order valence-corrected chi connectivity index (χ1v) is 5.01. The predicted molar refractivity (Wildman–Crippen MR) is 51.9 cm³/mol. The molecule has 1 aromatic heterocycles. The van der Waals surface area contributed by atoms with Crippen molar-refractivity contribution in [3.05, 3.63) is 28.6 Å². The summed E-state index contributed by atoms with van der Waals surface area (Å²) < 4.78 is 25.2. The fraction of sp³-hybridized carbons (Fsp3) is 0.333. The van der Waals surface area contributed by atoms with Crippen LogP contribution in [0.2, 0.25) is 0 Å². The van der Waals surface area contributed by atoms with Crippen LogP contribution in [0.4, 0.5) is 8.78 Å². The van der Waals surface area contributed by atoms with E-state index in [0.717, 1.165) is 0 Å². The molecule has 0 radical (unpaired) electrons. The van der Waals surface area contributed by atoms with Crippen molar-refractivity contribution in [2.24, 2.45) is 0 Å². The second-order valence-electron chi connectivity index (χ2n) is 2.76. The molecule has 14 heavy (non-hydrogen) atoms. The molecule has 0 saturated heterocycles. The molecule has 0 amide bonds.